The number of azo groups is 1. The summed E-state index contributed by atoms with van der Waals surface area (Å²) in [4.78, 5) is 1.24. The van der Waals surface area contributed by atoms with E-state index in [2.05, 4.69) is 70.2 Å². The van der Waals surface area contributed by atoms with Crippen LogP contribution in [0, 0.1) is 0 Å². The van der Waals surface area contributed by atoms with Gasteiger partial charge in [0.1, 0.15) is 0 Å². The molecule has 0 aromatic heterocycles. The Morgan fingerprint density at radius 3 is 2.00 bits per heavy atom. The maximum atomic E-state index is 4.67. The first-order chi connectivity index (χ1) is 12.2. The summed E-state index contributed by atoms with van der Waals surface area (Å²) in [5.74, 6) is 0. The summed E-state index contributed by atoms with van der Waals surface area (Å²) in [6.07, 6.45) is 4.31. The number of hydrogen-bond acceptors (Lipinski definition) is 3. The Morgan fingerprint density at radius 2 is 1.46 bits per heavy atom. The van der Waals surface area contributed by atoms with Crippen LogP contribution < -0.4 is 0 Å². The van der Waals surface area contributed by atoms with Crippen LogP contribution in [0.15, 0.2) is 57.6 Å². The average molecular weight is 369 g/mol. The summed E-state index contributed by atoms with van der Waals surface area (Å²) in [6, 6.07) is 14.6. The fourth-order valence-electron chi connectivity index (χ4n) is 2.80. The highest BCUT2D eigenvalue weighted by Gasteiger charge is 2.28. The average Bonchev–Trinajstić information content (AvgIpc) is 2.66. The van der Waals surface area contributed by atoms with Crippen LogP contribution in [-0.2, 0) is 10.8 Å². The van der Waals surface area contributed by atoms with Crippen molar-refractivity contribution in [3.05, 3.63) is 53.6 Å². The van der Waals surface area contributed by atoms with E-state index >= 15 is 0 Å². The van der Waals surface area contributed by atoms with Crippen molar-refractivity contribution in [2.45, 2.75) is 70.1 Å². The second-order valence-electron chi connectivity index (χ2n) is 8.09. The largest absolute Gasteiger partial charge is 0.151 e. The van der Waals surface area contributed by atoms with E-state index in [0.717, 1.165) is 24.2 Å². The lowest BCUT2D eigenvalue weighted by atomic mass is 9.76. The Balaban J connectivity index is 2.66. The highest BCUT2D eigenvalue weighted by molar-refractivity contribution is 7.98. The Labute approximate surface area is 163 Å². The molecule has 0 spiro atoms. The standard InChI is InChI=1S/C23H32N2S/c1-8-22(3,4)17-15-19(23(5,6)9-2)21(26-7)20(16-17)25-24-18-13-11-10-12-14-18/h10-16H,8-9H2,1-7H3. The van der Waals surface area contributed by atoms with Crippen molar-refractivity contribution >= 4 is 23.1 Å². The summed E-state index contributed by atoms with van der Waals surface area (Å²) < 4.78 is 0. The van der Waals surface area contributed by atoms with Gasteiger partial charge in [-0.25, -0.2) is 0 Å². The molecule has 2 aromatic carbocycles. The van der Waals surface area contributed by atoms with Gasteiger partial charge in [0.25, 0.3) is 0 Å². The van der Waals surface area contributed by atoms with Crippen LogP contribution in [0.4, 0.5) is 11.4 Å². The molecule has 0 amide bonds. The second kappa shape index (κ2) is 8.39. The molecular formula is C23H32N2S. The molecule has 3 heteroatoms. The molecule has 0 bridgehead atoms. The van der Waals surface area contributed by atoms with E-state index in [9.17, 15) is 0 Å². The van der Waals surface area contributed by atoms with Crippen molar-refractivity contribution in [1.29, 1.82) is 0 Å². The third-order valence-corrected chi connectivity index (χ3v) is 6.42. The van der Waals surface area contributed by atoms with Gasteiger partial charge in [0.15, 0.2) is 0 Å². The smallest absolute Gasteiger partial charge is 0.0998 e. The van der Waals surface area contributed by atoms with Gasteiger partial charge in [0.2, 0.25) is 0 Å². The minimum Gasteiger partial charge on any atom is -0.151 e. The van der Waals surface area contributed by atoms with E-state index in [1.807, 2.05) is 30.3 Å². The molecule has 0 aliphatic carbocycles. The van der Waals surface area contributed by atoms with Crippen molar-refractivity contribution in [1.82, 2.24) is 0 Å². The number of thioether (sulfide) groups is 1. The van der Waals surface area contributed by atoms with E-state index in [1.54, 1.807) is 11.8 Å². The maximum Gasteiger partial charge on any atom is 0.0998 e. The number of benzene rings is 2. The Kier molecular flexibility index (Phi) is 6.68. The van der Waals surface area contributed by atoms with Crippen LogP contribution in [0.25, 0.3) is 0 Å². The van der Waals surface area contributed by atoms with Crippen molar-refractivity contribution in [2.24, 2.45) is 10.2 Å². The molecule has 0 saturated heterocycles. The van der Waals surface area contributed by atoms with E-state index in [4.69, 9.17) is 0 Å². The predicted octanol–water partition coefficient (Wildman–Crippen LogP) is 8.20. The molecule has 0 atom stereocenters. The summed E-state index contributed by atoms with van der Waals surface area (Å²) in [5, 5.41) is 9.16. The van der Waals surface area contributed by atoms with E-state index < -0.39 is 0 Å². The second-order valence-corrected chi connectivity index (χ2v) is 8.90. The molecule has 140 valence electrons. The van der Waals surface area contributed by atoms with Gasteiger partial charge < -0.3 is 0 Å². The van der Waals surface area contributed by atoms with Crippen LogP contribution in [0.5, 0.6) is 0 Å². The summed E-state index contributed by atoms with van der Waals surface area (Å²) in [6.45, 7) is 13.8. The van der Waals surface area contributed by atoms with Gasteiger partial charge in [0.05, 0.1) is 11.4 Å². The monoisotopic (exact) mass is 368 g/mol. The van der Waals surface area contributed by atoms with Crippen LogP contribution >= 0.6 is 11.8 Å². The van der Waals surface area contributed by atoms with Crippen LogP contribution in [0.3, 0.4) is 0 Å². The quantitative estimate of drug-likeness (QED) is 0.357. The Bertz CT molecular complexity index is 761. The molecule has 0 fully saturated rings. The fourth-order valence-corrected chi connectivity index (χ4v) is 3.66. The molecule has 0 unspecified atom stereocenters. The lowest BCUT2D eigenvalue weighted by Gasteiger charge is -2.31. The first kappa shape index (κ1) is 20.7. The van der Waals surface area contributed by atoms with Crippen molar-refractivity contribution < 1.29 is 0 Å². The molecule has 2 aromatic rings. The zero-order chi connectivity index (χ0) is 19.4. The van der Waals surface area contributed by atoms with Crippen LogP contribution in [0.1, 0.15) is 65.5 Å². The zero-order valence-electron chi connectivity index (χ0n) is 17.3. The van der Waals surface area contributed by atoms with Gasteiger partial charge in [-0.05, 0) is 59.3 Å². The Morgan fingerprint density at radius 1 is 0.846 bits per heavy atom. The third-order valence-electron chi connectivity index (χ3n) is 5.58. The number of nitrogens with zero attached hydrogens (tertiary/aromatic N) is 2. The van der Waals surface area contributed by atoms with Gasteiger partial charge in [-0.1, -0.05) is 65.8 Å². The normalized spacial score (nSPS) is 12.7. The number of hydrogen-bond donors (Lipinski definition) is 0. The first-order valence-electron chi connectivity index (χ1n) is 9.45. The molecule has 26 heavy (non-hydrogen) atoms. The van der Waals surface area contributed by atoms with Gasteiger partial charge in [-0.3, -0.25) is 0 Å². The van der Waals surface area contributed by atoms with Gasteiger partial charge in [0, 0.05) is 4.90 Å². The Hall–Kier alpha value is -1.61. The molecule has 2 nitrogen and oxygen atoms in total. The highest BCUT2D eigenvalue weighted by atomic mass is 32.2. The molecule has 0 N–H and O–H groups in total. The van der Waals surface area contributed by atoms with E-state index in [0.29, 0.717) is 0 Å². The molecule has 0 saturated carbocycles. The topological polar surface area (TPSA) is 24.7 Å². The van der Waals surface area contributed by atoms with Crippen molar-refractivity contribution in [2.75, 3.05) is 6.26 Å². The van der Waals surface area contributed by atoms with E-state index in [1.165, 1.54) is 16.0 Å². The first-order valence-corrected chi connectivity index (χ1v) is 10.7. The SMILES string of the molecule is CCC(C)(C)c1cc(N=Nc2ccccc2)c(SC)c(C(C)(C)CC)c1. The highest BCUT2D eigenvalue weighted by Crippen LogP contribution is 2.43. The van der Waals surface area contributed by atoms with Crippen LogP contribution in [0.2, 0.25) is 0 Å². The van der Waals surface area contributed by atoms with E-state index in [-0.39, 0.29) is 10.8 Å². The molecular weight excluding hydrogens is 336 g/mol. The third kappa shape index (κ3) is 4.56. The zero-order valence-corrected chi connectivity index (χ0v) is 18.1. The molecule has 0 aliphatic rings. The summed E-state index contributed by atoms with van der Waals surface area (Å²) in [5.41, 5.74) is 4.82. The minimum absolute atomic E-state index is 0.106. The maximum absolute atomic E-state index is 4.67. The van der Waals surface area contributed by atoms with Gasteiger partial charge in [-0.2, -0.15) is 5.11 Å². The summed E-state index contributed by atoms with van der Waals surface area (Å²) in [7, 11) is 0. The lowest BCUT2D eigenvalue weighted by Crippen LogP contribution is -2.21. The predicted molar refractivity (Wildman–Crippen MR) is 115 cm³/mol. The minimum atomic E-state index is 0.106. The lowest BCUT2D eigenvalue weighted by molar-refractivity contribution is 0.482. The van der Waals surface area contributed by atoms with Crippen molar-refractivity contribution in [3.8, 4) is 0 Å². The molecule has 0 heterocycles. The van der Waals surface area contributed by atoms with Gasteiger partial charge >= 0.3 is 0 Å². The van der Waals surface area contributed by atoms with Gasteiger partial charge in [-0.15, -0.1) is 16.9 Å². The molecule has 2 rings (SSSR count). The fraction of sp³-hybridized carbons (Fsp3) is 0.478. The number of rotatable bonds is 7. The van der Waals surface area contributed by atoms with Crippen LogP contribution in [-0.4, -0.2) is 6.26 Å². The molecule has 0 radical (unpaired) electrons. The van der Waals surface area contributed by atoms with Crippen molar-refractivity contribution in [3.63, 3.8) is 0 Å². The molecule has 0 aliphatic heterocycles. The summed E-state index contributed by atoms with van der Waals surface area (Å²) >= 11 is 1.77.